The van der Waals surface area contributed by atoms with Gasteiger partial charge in [-0.15, -0.1) is 0 Å². The number of likely N-dealkylation sites (N-methyl/N-ethyl adjacent to an activating group) is 1. The number of aliphatic hydroxyl groups is 1. The molecule has 0 saturated carbocycles. The summed E-state index contributed by atoms with van der Waals surface area (Å²) >= 11 is 1.53. The van der Waals surface area contributed by atoms with Gasteiger partial charge >= 0.3 is 0 Å². The van der Waals surface area contributed by atoms with Gasteiger partial charge in [0.25, 0.3) is 0 Å². The van der Waals surface area contributed by atoms with Crippen LogP contribution in [0.5, 0.6) is 5.88 Å². The van der Waals surface area contributed by atoms with E-state index in [9.17, 15) is 5.11 Å². The number of piperazine rings is 1. The van der Waals surface area contributed by atoms with E-state index >= 15 is 0 Å². The molecule has 180 valence electrons. The highest BCUT2D eigenvalue weighted by Gasteiger charge is 2.19. The number of anilines is 2. The van der Waals surface area contributed by atoms with E-state index in [4.69, 9.17) is 15.5 Å². The first kappa shape index (κ1) is 24.3. The topological polar surface area (TPSA) is 91.0 Å². The standard InChI is InChI=1S/C25H32N6O2S/c1-29(2)20-6-4-5-18(15-20)17-33-24-22(34-21-9-7-19(8-10-21)23(26)32)16-27-25(28-24)31-13-11-30(3)12-14-31/h4-10,15-16,23,32H,11-14,17,26H2,1-3H3. The van der Waals surface area contributed by atoms with Crippen LogP contribution >= 0.6 is 11.8 Å². The number of rotatable bonds is 8. The van der Waals surface area contributed by atoms with E-state index in [2.05, 4.69) is 44.9 Å². The summed E-state index contributed by atoms with van der Waals surface area (Å²) < 4.78 is 6.26. The molecule has 1 unspecified atom stereocenters. The molecule has 1 saturated heterocycles. The summed E-state index contributed by atoms with van der Waals surface area (Å²) in [7, 11) is 6.18. The van der Waals surface area contributed by atoms with Crippen LogP contribution in [0.15, 0.2) is 64.5 Å². The molecule has 1 aliphatic heterocycles. The predicted octanol–water partition coefficient (Wildman–Crippen LogP) is 2.97. The van der Waals surface area contributed by atoms with E-state index in [1.165, 1.54) is 11.8 Å². The maximum atomic E-state index is 9.57. The molecule has 0 amide bonds. The Morgan fingerprint density at radius 2 is 1.85 bits per heavy atom. The first-order valence-electron chi connectivity index (χ1n) is 11.3. The largest absolute Gasteiger partial charge is 0.472 e. The number of aromatic nitrogens is 2. The molecule has 9 heteroatoms. The number of ether oxygens (including phenoxy) is 1. The van der Waals surface area contributed by atoms with Gasteiger partial charge in [-0.05, 0) is 42.4 Å². The summed E-state index contributed by atoms with van der Waals surface area (Å²) in [4.78, 5) is 17.9. The fourth-order valence-corrected chi connectivity index (χ4v) is 4.44. The lowest BCUT2D eigenvalue weighted by Gasteiger charge is -2.32. The molecule has 2 heterocycles. The summed E-state index contributed by atoms with van der Waals surface area (Å²) in [6.07, 6.45) is 0.852. The quantitative estimate of drug-likeness (QED) is 0.472. The molecule has 1 atom stereocenters. The summed E-state index contributed by atoms with van der Waals surface area (Å²) in [6, 6.07) is 15.8. The predicted molar refractivity (Wildman–Crippen MR) is 137 cm³/mol. The van der Waals surface area contributed by atoms with Crippen molar-refractivity contribution in [2.75, 3.05) is 57.1 Å². The molecule has 0 spiro atoms. The van der Waals surface area contributed by atoms with Gasteiger partial charge < -0.3 is 30.3 Å². The second-order valence-corrected chi connectivity index (χ2v) is 9.71. The second kappa shape index (κ2) is 11.1. The van der Waals surface area contributed by atoms with E-state index < -0.39 is 6.23 Å². The molecule has 1 aromatic heterocycles. The van der Waals surface area contributed by atoms with Crippen LogP contribution in [-0.2, 0) is 6.61 Å². The SMILES string of the molecule is CN1CCN(c2ncc(Sc3ccc(C(N)O)cc3)c(OCc3cccc(N(C)C)c3)n2)CC1. The van der Waals surface area contributed by atoms with Crippen LogP contribution in [0.1, 0.15) is 17.4 Å². The molecule has 3 aromatic rings. The first-order chi connectivity index (χ1) is 16.4. The molecule has 2 aromatic carbocycles. The fraction of sp³-hybridized carbons (Fsp3) is 0.360. The van der Waals surface area contributed by atoms with Crippen LogP contribution in [-0.4, -0.2) is 67.3 Å². The third-order valence-corrected chi connectivity index (χ3v) is 6.76. The Morgan fingerprint density at radius 3 is 2.53 bits per heavy atom. The smallest absolute Gasteiger partial charge is 0.232 e. The van der Waals surface area contributed by atoms with Crippen LogP contribution in [0.2, 0.25) is 0 Å². The van der Waals surface area contributed by atoms with Gasteiger partial charge in [-0.1, -0.05) is 36.0 Å². The van der Waals surface area contributed by atoms with E-state index in [1.54, 1.807) is 0 Å². The summed E-state index contributed by atoms with van der Waals surface area (Å²) in [5.41, 5.74) is 8.42. The van der Waals surface area contributed by atoms with Crippen LogP contribution < -0.4 is 20.3 Å². The molecule has 4 rings (SSSR count). The average Bonchev–Trinajstić information content (AvgIpc) is 2.84. The van der Waals surface area contributed by atoms with Gasteiger partial charge in [-0.25, -0.2) is 4.98 Å². The molecule has 8 nitrogen and oxygen atoms in total. The molecule has 1 aliphatic rings. The zero-order valence-electron chi connectivity index (χ0n) is 19.9. The van der Waals surface area contributed by atoms with Crippen molar-refractivity contribution in [3.63, 3.8) is 0 Å². The lowest BCUT2D eigenvalue weighted by Crippen LogP contribution is -2.45. The number of nitrogens with two attached hydrogens (primary N) is 1. The highest BCUT2D eigenvalue weighted by Crippen LogP contribution is 2.35. The van der Waals surface area contributed by atoms with E-state index in [0.717, 1.165) is 47.2 Å². The van der Waals surface area contributed by atoms with Crippen molar-refractivity contribution in [1.29, 1.82) is 0 Å². The van der Waals surface area contributed by atoms with Crippen molar-refractivity contribution >= 4 is 23.4 Å². The Labute approximate surface area is 205 Å². The van der Waals surface area contributed by atoms with Crippen molar-refractivity contribution in [3.05, 3.63) is 65.9 Å². The second-order valence-electron chi connectivity index (χ2n) is 8.60. The normalized spacial score (nSPS) is 15.3. The number of hydrogen-bond acceptors (Lipinski definition) is 9. The number of nitrogens with zero attached hydrogens (tertiary/aromatic N) is 5. The van der Waals surface area contributed by atoms with Gasteiger partial charge in [0.1, 0.15) is 12.8 Å². The Balaban J connectivity index is 1.57. The number of hydrogen-bond donors (Lipinski definition) is 2. The van der Waals surface area contributed by atoms with Gasteiger partial charge in [0, 0.05) is 50.9 Å². The average molecular weight is 481 g/mol. The summed E-state index contributed by atoms with van der Waals surface area (Å²) in [5.74, 6) is 1.25. The minimum absolute atomic E-state index is 0.409. The lowest BCUT2D eigenvalue weighted by atomic mass is 10.2. The third-order valence-electron chi connectivity index (χ3n) is 5.75. The van der Waals surface area contributed by atoms with E-state index in [-0.39, 0.29) is 0 Å². The summed E-state index contributed by atoms with van der Waals surface area (Å²) in [6.45, 7) is 4.14. The molecular formula is C25H32N6O2S. The molecule has 0 aliphatic carbocycles. The monoisotopic (exact) mass is 480 g/mol. The van der Waals surface area contributed by atoms with Gasteiger partial charge in [-0.2, -0.15) is 4.98 Å². The zero-order valence-corrected chi connectivity index (χ0v) is 20.7. The van der Waals surface area contributed by atoms with Gasteiger partial charge in [0.2, 0.25) is 11.8 Å². The van der Waals surface area contributed by atoms with Crippen LogP contribution in [0.4, 0.5) is 11.6 Å². The molecule has 3 N–H and O–H groups in total. The Bertz CT molecular complexity index is 1090. The minimum atomic E-state index is -0.984. The third kappa shape index (κ3) is 6.18. The Morgan fingerprint density at radius 1 is 1.12 bits per heavy atom. The maximum absolute atomic E-state index is 9.57. The Kier molecular flexibility index (Phi) is 7.89. The van der Waals surface area contributed by atoms with E-state index in [0.29, 0.717) is 24.0 Å². The number of benzene rings is 2. The molecular weight excluding hydrogens is 448 g/mol. The maximum Gasteiger partial charge on any atom is 0.232 e. The molecule has 0 radical (unpaired) electrons. The van der Waals surface area contributed by atoms with Crippen molar-refractivity contribution in [2.24, 2.45) is 5.73 Å². The van der Waals surface area contributed by atoms with Gasteiger partial charge in [-0.3, -0.25) is 0 Å². The van der Waals surface area contributed by atoms with Gasteiger partial charge in [0.05, 0.1) is 11.1 Å². The van der Waals surface area contributed by atoms with Crippen LogP contribution in [0.25, 0.3) is 0 Å². The highest BCUT2D eigenvalue weighted by molar-refractivity contribution is 7.99. The van der Waals surface area contributed by atoms with E-state index in [1.807, 2.05) is 50.6 Å². The zero-order chi connectivity index (χ0) is 24.1. The molecule has 1 fully saturated rings. The van der Waals surface area contributed by atoms with Crippen LogP contribution in [0.3, 0.4) is 0 Å². The van der Waals surface area contributed by atoms with Crippen molar-refractivity contribution in [3.8, 4) is 5.88 Å². The fourth-order valence-electron chi connectivity index (χ4n) is 3.61. The minimum Gasteiger partial charge on any atom is -0.472 e. The molecule has 0 bridgehead atoms. The highest BCUT2D eigenvalue weighted by atomic mass is 32.2. The van der Waals surface area contributed by atoms with Crippen molar-refractivity contribution in [2.45, 2.75) is 22.6 Å². The summed E-state index contributed by atoms with van der Waals surface area (Å²) in [5, 5.41) is 9.57. The van der Waals surface area contributed by atoms with Crippen molar-refractivity contribution in [1.82, 2.24) is 14.9 Å². The first-order valence-corrected chi connectivity index (χ1v) is 12.1. The lowest BCUT2D eigenvalue weighted by molar-refractivity contribution is 0.186. The number of aliphatic hydroxyl groups excluding tert-OH is 1. The van der Waals surface area contributed by atoms with Crippen LogP contribution in [0, 0.1) is 0 Å². The van der Waals surface area contributed by atoms with Gasteiger partial charge in [0.15, 0.2) is 0 Å². The van der Waals surface area contributed by atoms with Crippen molar-refractivity contribution < 1.29 is 9.84 Å². The molecule has 34 heavy (non-hydrogen) atoms. The Hall–Kier alpha value is -2.85.